The molecule has 0 bridgehead atoms. The summed E-state index contributed by atoms with van der Waals surface area (Å²) in [7, 11) is 0. The van der Waals surface area contributed by atoms with Gasteiger partial charge < -0.3 is 0 Å². The van der Waals surface area contributed by atoms with Crippen molar-refractivity contribution in [2.75, 3.05) is 0 Å². The molecule has 0 radical (unpaired) electrons. The van der Waals surface area contributed by atoms with E-state index in [1.165, 1.54) is 11.1 Å². The van der Waals surface area contributed by atoms with Gasteiger partial charge in [0.25, 0.3) is 0 Å². The average molecular weight is 162 g/mol. The highest BCUT2D eigenvalue weighted by Gasteiger charge is 1.82. The zero-order valence-corrected chi connectivity index (χ0v) is 8.30. The molecule has 0 saturated carbocycles. The van der Waals surface area contributed by atoms with E-state index < -0.39 is 0 Å². The molecule has 0 nitrogen and oxygen atoms in total. The van der Waals surface area contributed by atoms with Crippen LogP contribution in [0.1, 0.15) is 27.2 Å². The first-order chi connectivity index (χ1) is 5.70. The second-order valence-electron chi connectivity index (χ2n) is 2.85. The van der Waals surface area contributed by atoms with Gasteiger partial charge in [0.2, 0.25) is 0 Å². The van der Waals surface area contributed by atoms with Crippen molar-refractivity contribution in [3.8, 4) is 0 Å². The monoisotopic (exact) mass is 162 g/mol. The zero-order chi connectivity index (χ0) is 9.40. The van der Waals surface area contributed by atoms with Crippen LogP contribution in [-0.4, -0.2) is 0 Å². The highest BCUT2D eigenvalue weighted by atomic mass is 13.9. The quantitative estimate of drug-likeness (QED) is 0.432. The molecular weight excluding hydrogens is 144 g/mol. The first-order valence-corrected chi connectivity index (χ1v) is 4.29. The van der Waals surface area contributed by atoms with Crippen molar-refractivity contribution < 1.29 is 0 Å². The minimum absolute atomic E-state index is 1.02. The van der Waals surface area contributed by atoms with Crippen LogP contribution in [0, 0.1) is 0 Å². The third-order valence-corrected chi connectivity index (χ3v) is 1.59. The maximum atomic E-state index is 3.70. The van der Waals surface area contributed by atoms with Gasteiger partial charge in [0.15, 0.2) is 0 Å². The van der Waals surface area contributed by atoms with Crippen molar-refractivity contribution in [1.29, 1.82) is 0 Å². The first kappa shape index (κ1) is 11.0. The SMILES string of the molecule is C=C/C(C)=C\C(C)=C/C/C=C/C. The Labute approximate surface area is 76.0 Å². The van der Waals surface area contributed by atoms with E-state index in [2.05, 4.69) is 44.7 Å². The highest BCUT2D eigenvalue weighted by Crippen LogP contribution is 2.03. The fraction of sp³-hybridized carbons (Fsp3) is 0.333. The van der Waals surface area contributed by atoms with Crippen molar-refractivity contribution >= 4 is 0 Å². The summed E-state index contributed by atoms with van der Waals surface area (Å²) < 4.78 is 0. The van der Waals surface area contributed by atoms with E-state index in [0.717, 1.165) is 6.42 Å². The van der Waals surface area contributed by atoms with Crippen molar-refractivity contribution in [1.82, 2.24) is 0 Å². The molecule has 0 atom stereocenters. The van der Waals surface area contributed by atoms with Crippen LogP contribution in [0.15, 0.2) is 48.1 Å². The highest BCUT2D eigenvalue weighted by molar-refractivity contribution is 5.26. The van der Waals surface area contributed by atoms with Crippen LogP contribution in [0.3, 0.4) is 0 Å². The topological polar surface area (TPSA) is 0 Å². The van der Waals surface area contributed by atoms with Crippen LogP contribution >= 0.6 is 0 Å². The molecule has 0 rings (SSSR count). The van der Waals surface area contributed by atoms with Gasteiger partial charge in [0.05, 0.1) is 0 Å². The molecule has 0 spiro atoms. The Balaban J connectivity index is 4.09. The molecule has 0 saturated heterocycles. The fourth-order valence-corrected chi connectivity index (χ4v) is 0.867. The maximum absolute atomic E-state index is 3.70. The van der Waals surface area contributed by atoms with Gasteiger partial charge in [0.1, 0.15) is 0 Å². The smallest absolute Gasteiger partial charge is 0.0164 e. The van der Waals surface area contributed by atoms with Crippen molar-refractivity contribution in [3.05, 3.63) is 48.1 Å². The predicted octanol–water partition coefficient (Wildman–Crippen LogP) is 4.03. The van der Waals surface area contributed by atoms with E-state index in [1.54, 1.807) is 0 Å². The predicted molar refractivity (Wildman–Crippen MR) is 57.1 cm³/mol. The minimum atomic E-state index is 1.02. The molecule has 0 aromatic rings. The molecule has 0 heterocycles. The van der Waals surface area contributed by atoms with Gasteiger partial charge in [-0.3, -0.25) is 0 Å². The molecule has 12 heavy (non-hydrogen) atoms. The third kappa shape index (κ3) is 5.72. The fourth-order valence-electron chi connectivity index (χ4n) is 0.867. The molecule has 0 aliphatic heterocycles. The van der Waals surface area contributed by atoms with E-state index >= 15 is 0 Å². The summed E-state index contributed by atoms with van der Waals surface area (Å²) in [6.45, 7) is 9.90. The molecule has 0 aromatic carbocycles. The van der Waals surface area contributed by atoms with Crippen LogP contribution in [0.2, 0.25) is 0 Å². The Morgan fingerprint density at radius 3 is 2.42 bits per heavy atom. The number of allylic oxidation sites excluding steroid dienone is 7. The summed E-state index contributed by atoms with van der Waals surface area (Å²) in [5.41, 5.74) is 2.51. The molecule has 0 fully saturated rings. The summed E-state index contributed by atoms with van der Waals surface area (Å²) >= 11 is 0. The lowest BCUT2D eigenvalue weighted by molar-refractivity contribution is 1.31. The Morgan fingerprint density at radius 1 is 1.25 bits per heavy atom. The van der Waals surface area contributed by atoms with Crippen LogP contribution in [0.5, 0.6) is 0 Å². The van der Waals surface area contributed by atoms with Crippen molar-refractivity contribution in [3.63, 3.8) is 0 Å². The second kappa shape index (κ2) is 6.66. The standard InChI is InChI=1S/C12H18/c1-5-7-8-9-12(4)10-11(3)6-2/h5-7,9-10H,2,8H2,1,3-4H3/b7-5+,11-10-,12-9-. The summed E-state index contributed by atoms with van der Waals surface area (Å²) in [5.74, 6) is 0. The minimum Gasteiger partial charge on any atom is -0.0988 e. The molecule has 0 heteroatoms. The van der Waals surface area contributed by atoms with Gasteiger partial charge >= 0.3 is 0 Å². The molecule has 0 aromatic heterocycles. The molecule has 66 valence electrons. The number of hydrogen-bond acceptors (Lipinski definition) is 0. The summed E-state index contributed by atoms with van der Waals surface area (Å²) in [5, 5.41) is 0. The Hall–Kier alpha value is -1.04. The Kier molecular flexibility index (Phi) is 6.08. The van der Waals surface area contributed by atoms with Crippen LogP contribution in [0.25, 0.3) is 0 Å². The van der Waals surface area contributed by atoms with Crippen molar-refractivity contribution in [2.45, 2.75) is 27.2 Å². The van der Waals surface area contributed by atoms with E-state index in [9.17, 15) is 0 Å². The van der Waals surface area contributed by atoms with E-state index in [-0.39, 0.29) is 0 Å². The van der Waals surface area contributed by atoms with Crippen LogP contribution in [-0.2, 0) is 0 Å². The van der Waals surface area contributed by atoms with Crippen molar-refractivity contribution in [2.24, 2.45) is 0 Å². The zero-order valence-electron chi connectivity index (χ0n) is 8.30. The van der Waals surface area contributed by atoms with Crippen LogP contribution < -0.4 is 0 Å². The average Bonchev–Trinajstić information content (AvgIpc) is 2.05. The molecule has 0 N–H and O–H groups in total. The van der Waals surface area contributed by atoms with E-state index in [4.69, 9.17) is 0 Å². The van der Waals surface area contributed by atoms with Gasteiger partial charge in [-0.1, -0.05) is 48.1 Å². The summed E-state index contributed by atoms with van der Waals surface area (Å²) in [6.07, 6.45) is 11.4. The molecule has 0 unspecified atom stereocenters. The third-order valence-electron chi connectivity index (χ3n) is 1.59. The molecule has 0 aliphatic carbocycles. The first-order valence-electron chi connectivity index (χ1n) is 4.29. The van der Waals surface area contributed by atoms with Gasteiger partial charge in [-0.2, -0.15) is 0 Å². The largest absolute Gasteiger partial charge is 0.0988 e. The second-order valence-corrected chi connectivity index (χ2v) is 2.85. The van der Waals surface area contributed by atoms with Gasteiger partial charge in [-0.05, 0) is 27.2 Å². The lowest BCUT2D eigenvalue weighted by atomic mass is 10.1. The van der Waals surface area contributed by atoms with Gasteiger partial charge in [-0.15, -0.1) is 0 Å². The summed E-state index contributed by atoms with van der Waals surface area (Å²) in [4.78, 5) is 0. The normalized spacial score (nSPS) is 13.9. The Bertz CT molecular complexity index is 214. The number of hydrogen-bond donors (Lipinski definition) is 0. The molecular formula is C12H18. The van der Waals surface area contributed by atoms with Gasteiger partial charge in [-0.25, -0.2) is 0 Å². The summed E-state index contributed by atoms with van der Waals surface area (Å²) in [6, 6.07) is 0. The number of rotatable bonds is 4. The molecule has 0 aliphatic rings. The van der Waals surface area contributed by atoms with E-state index in [0.29, 0.717) is 0 Å². The Morgan fingerprint density at radius 2 is 1.92 bits per heavy atom. The van der Waals surface area contributed by atoms with Crippen LogP contribution in [0.4, 0.5) is 0 Å². The lowest BCUT2D eigenvalue weighted by Gasteiger charge is -1.92. The van der Waals surface area contributed by atoms with Gasteiger partial charge in [0, 0.05) is 0 Å². The molecule has 0 amide bonds. The maximum Gasteiger partial charge on any atom is -0.0164 e. The van der Waals surface area contributed by atoms with E-state index in [1.807, 2.05) is 13.0 Å². The lowest BCUT2D eigenvalue weighted by Crippen LogP contribution is -1.72.